The molecule has 0 spiro atoms. The maximum atomic E-state index is 13.6. The van der Waals surface area contributed by atoms with Gasteiger partial charge in [0.05, 0.1) is 21.0 Å². The number of hydrogen-bond donors (Lipinski definition) is 0. The second-order valence-corrected chi connectivity index (χ2v) is 7.32. The standard InChI is InChI=1S/C16H8Cl2F9N5/c1-31(2)12-8-10(15(22,23)24)28-13(16(25,26)27)29-11(8)30-32(12)9-6(17)3-5(4-7(9)18)14(19,20)21/h3-4H,1-2H3. The number of fused-ring (bicyclic) bond motifs is 1. The Hall–Kier alpha value is -2.48. The first-order chi connectivity index (χ1) is 14.4. The van der Waals surface area contributed by atoms with Gasteiger partial charge < -0.3 is 4.90 Å². The summed E-state index contributed by atoms with van der Waals surface area (Å²) < 4.78 is 120. The third-order valence-electron chi connectivity index (χ3n) is 4.01. The van der Waals surface area contributed by atoms with Crippen LogP contribution in [0.4, 0.5) is 45.3 Å². The molecule has 0 saturated heterocycles. The van der Waals surface area contributed by atoms with Crippen LogP contribution in [0.3, 0.4) is 0 Å². The molecule has 174 valence electrons. The van der Waals surface area contributed by atoms with Crippen LogP contribution < -0.4 is 4.90 Å². The summed E-state index contributed by atoms with van der Waals surface area (Å²) in [5, 5.41) is 1.38. The maximum Gasteiger partial charge on any atom is 0.451 e. The van der Waals surface area contributed by atoms with Crippen LogP contribution in [0, 0.1) is 0 Å². The lowest BCUT2D eigenvalue weighted by molar-refractivity contribution is -0.151. The molecular formula is C16H8Cl2F9N5. The van der Waals surface area contributed by atoms with Gasteiger partial charge in [-0.25, -0.2) is 14.6 Å². The van der Waals surface area contributed by atoms with E-state index in [1.807, 2.05) is 0 Å². The third kappa shape index (κ3) is 4.25. The molecule has 5 nitrogen and oxygen atoms in total. The molecule has 0 unspecified atom stereocenters. The van der Waals surface area contributed by atoms with E-state index < -0.39 is 68.2 Å². The summed E-state index contributed by atoms with van der Waals surface area (Å²) in [6, 6.07) is 0.901. The third-order valence-corrected chi connectivity index (χ3v) is 4.59. The SMILES string of the molecule is CN(C)c1c2c(C(F)(F)F)nc(C(F)(F)F)nc2nn1-c1c(Cl)cc(C(F)(F)F)cc1Cl. The second-order valence-electron chi connectivity index (χ2n) is 6.51. The van der Waals surface area contributed by atoms with Crippen LogP contribution >= 0.6 is 23.2 Å². The van der Waals surface area contributed by atoms with Crippen LogP contribution in [0.2, 0.25) is 10.0 Å². The average molecular weight is 512 g/mol. The number of benzene rings is 1. The van der Waals surface area contributed by atoms with Crippen molar-refractivity contribution in [2.75, 3.05) is 19.0 Å². The Kier molecular flexibility index (Phi) is 5.70. The van der Waals surface area contributed by atoms with Crippen molar-refractivity contribution in [1.82, 2.24) is 19.7 Å². The molecule has 0 amide bonds. The largest absolute Gasteiger partial charge is 0.451 e. The summed E-state index contributed by atoms with van der Waals surface area (Å²) in [6.07, 6.45) is -15.5. The number of anilines is 1. The first kappa shape index (κ1) is 24.2. The summed E-state index contributed by atoms with van der Waals surface area (Å²) in [6.45, 7) is 0. The first-order valence-electron chi connectivity index (χ1n) is 8.12. The number of halogens is 11. The van der Waals surface area contributed by atoms with E-state index in [0.29, 0.717) is 16.8 Å². The van der Waals surface area contributed by atoms with Crippen LogP contribution in [0.1, 0.15) is 17.1 Å². The van der Waals surface area contributed by atoms with Crippen molar-refractivity contribution in [3.8, 4) is 5.69 Å². The van der Waals surface area contributed by atoms with Gasteiger partial charge in [0, 0.05) is 14.1 Å². The van der Waals surface area contributed by atoms with E-state index in [9.17, 15) is 39.5 Å². The minimum absolute atomic E-state index is 0.450. The van der Waals surface area contributed by atoms with Crippen molar-refractivity contribution in [2.24, 2.45) is 0 Å². The minimum Gasteiger partial charge on any atom is -0.362 e. The highest BCUT2D eigenvalue weighted by Crippen LogP contribution is 2.43. The quantitative estimate of drug-likeness (QED) is 0.382. The number of hydrogen-bond acceptors (Lipinski definition) is 4. The van der Waals surface area contributed by atoms with Crippen molar-refractivity contribution in [3.63, 3.8) is 0 Å². The summed E-state index contributed by atoms with van der Waals surface area (Å²) in [7, 11) is 2.44. The van der Waals surface area contributed by atoms with E-state index in [-0.39, 0.29) is 0 Å². The van der Waals surface area contributed by atoms with Crippen molar-refractivity contribution >= 4 is 40.1 Å². The summed E-state index contributed by atoms with van der Waals surface area (Å²) >= 11 is 11.8. The highest BCUT2D eigenvalue weighted by molar-refractivity contribution is 6.38. The lowest BCUT2D eigenvalue weighted by Crippen LogP contribution is -2.19. The Bertz CT molecular complexity index is 1170. The van der Waals surface area contributed by atoms with Gasteiger partial charge in [0.2, 0.25) is 5.82 Å². The van der Waals surface area contributed by atoms with Crippen LogP contribution in [0.25, 0.3) is 16.7 Å². The highest BCUT2D eigenvalue weighted by Gasteiger charge is 2.43. The Morgan fingerprint density at radius 3 is 1.75 bits per heavy atom. The smallest absolute Gasteiger partial charge is 0.362 e. The molecule has 2 heterocycles. The van der Waals surface area contributed by atoms with E-state index in [2.05, 4.69) is 15.1 Å². The zero-order valence-corrected chi connectivity index (χ0v) is 17.1. The maximum absolute atomic E-state index is 13.6. The summed E-state index contributed by atoms with van der Waals surface area (Å²) in [5.41, 5.74) is -4.71. The molecule has 0 aliphatic carbocycles. The highest BCUT2D eigenvalue weighted by atomic mass is 35.5. The molecule has 32 heavy (non-hydrogen) atoms. The molecule has 1 aromatic carbocycles. The zero-order chi connectivity index (χ0) is 24.4. The second kappa shape index (κ2) is 7.54. The van der Waals surface area contributed by atoms with Gasteiger partial charge in [0.15, 0.2) is 11.3 Å². The van der Waals surface area contributed by atoms with Gasteiger partial charge in [-0.05, 0) is 12.1 Å². The van der Waals surface area contributed by atoms with Crippen molar-refractivity contribution in [2.45, 2.75) is 18.5 Å². The molecule has 0 N–H and O–H groups in total. The van der Waals surface area contributed by atoms with Crippen molar-refractivity contribution in [3.05, 3.63) is 39.3 Å². The van der Waals surface area contributed by atoms with E-state index in [1.165, 1.54) is 14.1 Å². The van der Waals surface area contributed by atoms with Crippen molar-refractivity contribution < 1.29 is 39.5 Å². The molecule has 16 heteroatoms. The fourth-order valence-corrected chi connectivity index (χ4v) is 3.45. The number of aromatic nitrogens is 4. The molecule has 0 saturated carbocycles. The Labute approximate surface area is 182 Å². The van der Waals surface area contributed by atoms with Gasteiger partial charge in [-0.15, -0.1) is 5.10 Å². The van der Waals surface area contributed by atoms with Crippen LogP contribution in [0.5, 0.6) is 0 Å². The Balaban J connectivity index is 2.46. The van der Waals surface area contributed by atoms with E-state index in [1.54, 1.807) is 0 Å². The molecule has 0 aliphatic rings. The van der Waals surface area contributed by atoms with Gasteiger partial charge in [0.1, 0.15) is 11.5 Å². The Morgan fingerprint density at radius 2 is 1.34 bits per heavy atom. The van der Waals surface area contributed by atoms with Gasteiger partial charge in [0.25, 0.3) is 0 Å². The number of nitrogens with zero attached hydrogens (tertiary/aromatic N) is 5. The van der Waals surface area contributed by atoms with Gasteiger partial charge in [-0.1, -0.05) is 23.2 Å². The first-order valence-corrected chi connectivity index (χ1v) is 8.87. The van der Waals surface area contributed by atoms with Gasteiger partial charge in [-0.2, -0.15) is 39.5 Å². The molecular weight excluding hydrogens is 504 g/mol. The molecule has 3 rings (SSSR count). The van der Waals surface area contributed by atoms with Crippen LogP contribution in [-0.2, 0) is 18.5 Å². The average Bonchev–Trinajstić information content (AvgIpc) is 2.96. The summed E-state index contributed by atoms with van der Waals surface area (Å²) in [4.78, 5) is 6.71. The lowest BCUT2D eigenvalue weighted by Gasteiger charge is -2.19. The predicted molar refractivity (Wildman–Crippen MR) is 96.0 cm³/mol. The topological polar surface area (TPSA) is 46.8 Å². The van der Waals surface area contributed by atoms with E-state index >= 15 is 0 Å². The molecule has 0 atom stereocenters. The van der Waals surface area contributed by atoms with Gasteiger partial charge >= 0.3 is 18.5 Å². The molecule has 0 radical (unpaired) electrons. The fourth-order valence-electron chi connectivity index (χ4n) is 2.81. The fraction of sp³-hybridized carbons (Fsp3) is 0.312. The van der Waals surface area contributed by atoms with E-state index in [0.717, 1.165) is 4.90 Å². The zero-order valence-electron chi connectivity index (χ0n) is 15.5. The van der Waals surface area contributed by atoms with Crippen molar-refractivity contribution in [1.29, 1.82) is 0 Å². The Morgan fingerprint density at radius 1 is 0.812 bits per heavy atom. The van der Waals surface area contributed by atoms with Crippen LogP contribution in [-0.4, -0.2) is 33.8 Å². The van der Waals surface area contributed by atoms with E-state index in [4.69, 9.17) is 23.2 Å². The normalized spacial score (nSPS) is 13.2. The number of alkyl halides is 9. The van der Waals surface area contributed by atoms with Crippen LogP contribution in [0.15, 0.2) is 12.1 Å². The molecule has 0 fully saturated rings. The minimum atomic E-state index is -5.35. The lowest BCUT2D eigenvalue weighted by atomic mass is 10.2. The predicted octanol–water partition coefficient (Wildman–Crippen LogP) is 6.24. The summed E-state index contributed by atoms with van der Waals surface area (Å²) in [5.74, 6) is -2.61. The molecule has 0 aliphatic heterocycles. The van der Waals surface area contributed by atoms with Gasteiger partial charge in [-0.3, -0.25) is 0 Å². The number of rotatable bonds is 2. The molecule has 2 aromatic heterocycles. The molecule has 0 bridgehead atoms. The molecule has 3 aromatic rings. The monoisotopic (exact) mass is 511 g/mol.